The van der Waals surface area contributed by atoms with E-state index in [2.05, 4.69) is 0 Å². The van der Waals surface area contributed by atoms with Crippen LogP contribution in [-0.2, 0) is 16.6 Å². The third kappa shape index (κ3) is 3.45. The third-order valence-electron chi connectivity index (χ3n) is 2.53. The summed E-state index contributed by atoms with van der Waals surface area (Å²) in [5.74, 6) is -1.29. The van der Waals surface area contributed by atoms with Crippen LogP contribution in [0.3, 0.4) is 0 Å². The van der Waals surface area contributed by atoms with Crippen LogP contribution in [0.1, 0.15) is 5.56 Å². The molecule has 2 rings (SSSR count). The average molecular weight is 297 g/mol. The van der Waals surface area contributed by atoms with Gasteiger partial charge in [-0.2, -0.15) is 0 Å². The van der Waals surface area contributed by atoms with E-state index in [-0.39, 0.29) is 11.3 Å². The van der Waals surface area contributed by atoms with Crippen LogP contribution in [0.4, 0.5) is 14.5 Å². The fraction of sp³-hybridized carbons (Fsp3) is 0.0769. The van der Waals surface area contributed by atoms with Gasteiger partial charge in [-0.3, -0.25) is 14.3 Å². The lowest BCUT2D eigenvalue weighted by molar-refractivity contribution is -0.385. The second-order valence-corrected chi connectivity index (χ2v) is 5.47. The molecule has 0 radical (unpaired) electrons. The molecule has 2 aromatic rings. The van der Waals surface area contributed by atoms with Crippen molar-refractivity contribution in [2.24, 2.45) is 0 Å². The molecule has 0 heterocycles. The number of non-ortho nitro benzene ring substituents is 1. The number of nitro benzene ring substituents is 1. The van der Waals surface area contributed by atoms with Gasteiger partial charge in [0.25, 0.3) is 5.69 Å². The maximum Gasteiger partial charge on any atom is 0.272 e. The van der Waals surface area contributed by atoms with E-state index < -0.39 is 33.0 Å². The van der Waals surface area contributed by atoms with Crippen LogP contribution < -0.4 is 0 Å². The van der Waals surface area contributed by atoms with Crippen LogP contribution in [-0.4, -0.2) is 9.13 Å². The van der Waals surface area contributed by atoms with Crippen LogP contribution >= 0.6 is 0 Å². The van der Waals surface area contributed by atoms with Crippen molar-refractivity contribution >= 4 is 16.5 Å². The Morgan fingerprint density at radius 1 is 1.05 bits per heavy atom. The molecule has 0 spiro atoms. The van der Waals surface area contributed by atoms with Gasteiger partial charge in [0.1, 0.15) is 11.6 Å². The first-order chi connectivity index (χ1) is 9.45. The Morgan fingerprint density at radius 2 is 1.70 bits per heavy atom. The quantitative estimate of drug-likeness (QED) is 0.643. The van der Waals surface area contributed by atoms with Gasteiger partial charge >= 0.3 is 0 Å². The Morgan fingerprint density at radius 3 is 2.30 bits per heavy atom. The molecule has 104 valence electrons. The minimum Gasteiger partial charge on any atom is -0.258 e. The molecule has 1 unspecified atom stereocenters. The van der Waals surface area contributed by atoms with Gasteiger partial charge in [-0.25, -0.2) is 8.78 Å². The number of benzene rings is 2. The average Bonchev–Trinajstić information content (AvgIpc) is 2.38. The van der Waals surface area contributed by atoms with Crippen molar-refractivity contribution in [3.63, 3.8) is 0 Å². The molecule has 2 aromatic carbocycles. The summed E-state index contributed by atoms with van der Waals surface area (Å²) in [5.41, 5.74) is -0.143. The van der Waals surface area contributed by atoms with Crippen molar-refractivity contribution in [1.82, 2.24) is 0 Å². The highest BCUT2D eigenvalue weighted by atomic mass is 32.2. The number of hydrogen-bond acceptors (Lipinski definition) is 3. The maximum absolute atomic E-state index is 13.2. The number of nitro groups is 1. The number of nitrogens with zero attached hydrogens (tertiary/aromatic N) is 1. The minimum absolute atomic E-state index is 0.0791. The molecule has 20 heavy (non-hydrogen) atoms. The first kappa shape index (κ1) is 14.3. The lowest BCUT2D eigenvalue weighted by atomic mass is 10.2. The maximum atomic E-state index is 13.2. The van der Waals surface area contributed by atoms with Crippen molar-refractivity contribution in [2.75, 3.05) is 0 Å². The summed E-state index contributed by atoms with van der Waals surface area (Å²) in [5, 5.41) is 10.6. The highest BCUT2D eigenvalue weighted by molar-refractivity contribution is 7.84. The summed E-state index contributed by atoms with van der Waals surface area (Å²) in [4.78, 5) is 10.3. The highest BCUT2D eigenvalue weighted by Gasteiger charge is 2.12. The second kappa shape index (κ2) is 5.87. The molecule has 4 nitrogen and oxygen atoms in total. The molecule has 0 bridgehead atoms. The zero-order chi connectivity index (χ0) is 14.7. The Labute approximate surface area is 115 Å². The van der Waals surface area contributed by atoms with Gasteiger partial charge < -0.3 is 0 Å². The van der Waals surface area contributed by atoms with Gasteiger partial charge in [-0.05, 0) is 35.9 Å². The van der Waals surface area contributed by atoms with Crippen LogP contribution in [0, 0.1) is 21.7 Å². The molecule has 0 saturated carbocycles. The Balaban J connectivity index is 2.23. The lowest BCUT2D eigenvalue weighted by Crippen LogP contribution is -1.99. The molecule has 0 amide bonds. The SMILES string of the molecule is O=[N+]([O-])c1cc(F)cc(CS(=O)c2ccc(F)cc2)c1. The molecule has 0 aliphatic rings. The normalized spacial score (nSPS) is 12.1. The van der Waals surface area contributed by atoms with Gasteiger partial charge in [0, 0.05) is 11.0 Å². The lowest BCUT2D eigenvalue weighted by Gasteiger charge is -2.03. The van der Waals surface area contributed by atoms with E-state index in [1.807, 2.05) is 0 Å². The van der Waals surface area contributed by atoms with E-state index >= 15 is 0 Å². The number of rotatable bonds is 4. The van der Waals surface area contributed by atoms with Crippen LogP contribution in [0.5, 0.6) is 0 Å². The van der Waals surface area contributed by atoms with Crippen molar-refractivity contribution < 1.29 is 17.9 Å². The van der Waals surface area contributed by atoms with E-state index in [0.717, 1.165) is 12.1 Å². The predicted octanol–water partition coefficient (Wildman–Crippen LogP) is 3.18. The summed E-state index contributed by atoms with van der Waals surface area (Å²) in [6.07, 6.45) is 0. The smallest absolute Gasteiger partial charge is 0.258 e. The molecule has 0 aliphatic carbocycles. The van der Waals surface area contributed by atoms with Gasteiger partial charge in [-0.15, -0.1) is 0 Å². The first-order valence-electron chi connectivity index (χ1n) is 5.53. The van der Waals surface area contributed by atoms with Crippen LogP contribution in [0.15, 0.2) is 47.4 Å². The first-order valence-corrected chi connectivity index (χ1v) is 6.85. The Kier molecular flexibility index (Phi) is 4.19. The zero-order valence-corrected chi connectivity index (χ0v) is 10.9. The van der Waals surface area contributed by atoms with Gasteiger partial charge in [0.15, 0.2) is 0 Å². The summed E-state index contributed by atoms with van der Waals surface area (Å²) in [6, 6.07) is 8.12. The summed E-state index contributed by atoms with van der Waals surface area (Å²) < 4.78 is 38.0. The van der Waals surface area contributed by atoms with E-state index in [9.17, 15) is 23.1 Å². The fourth-order valence-electron chi connectivity index (χ4n) is 1.64. The van der Waals surface area contributed by atoms with Crippen molar-refractivity contribution in [3.05, 3.63) is 69.8 Å². The van der Waals surface area contributed by atoms with Crippen LogP contribution in [0.2, 0.25) is 0 Å². The topological polar surface area (TPSA) is 60.2 Å². The number of halogens is 2. The molecule has 0 aliphatic heterocycles. The molecule has 0 aromatic heterocycles. The monoisotopic (exact) mass is 297 g/mol. The largest absolute Gasteiger partial charge is 0.272 e. The van der Waals surface area contributed by atoms with Gasteiger partial charge in [0.2, 0.25) is 0 Å². The Hall–Kier alpha value is -2.15. The molecule has 0 saturated heterocycles. The van der Waals surface area contributed by atoms with E-state index in [1.54, 1.807) is 0 Å². The Bertz CT molecular complexity index is 674. The predicted molar refractivity (Wildman–Crippen MR) is 69.6 cm³/mol. The van der Waals surface area contributed by atoms with E-state index in [1.165, 1.54) is 30.3 Å². The zero-order valence-electron chi connectivity index (χ0n) is 10.1. The summed E-state index contributed by atoms with van der Waals surface area (Å²) >= 11 is 0. The van der Waals surface area contributed by atoms with E-state index in [0.29, 0.717) is 4.90 Å². The molecule has 0 fully saturated rings. The highest BCUT2D eigenvalue weighted by Crippen LogP contribution is 2.19. The molecule has 0 N–H and O–H groups in total. The molecule has 7 heteroatoms. The summed E-state index contributed by atoms with van der Waals surface area (Å²) in [7, 11) is -1.53. The van der Waals surface area contributed by atoms with Crippen molar-refractivity contribution in [1.29, 1.82) is 0 Å². The standard InChI is InChI=1S/C13H9F2NO3S/c14-10-1-3-13(4-2-10)20(19)8-9-5-11(15)7-12(6-9)16(17)18/h1-7H,8H2. The molecular formula is C13H9F2NO3S. The van der Waals surface area contributed by atoms with Crippen LogP contribution in [0.25, 0.3) is 0 Å². The second-order valence-electron chi connectivity index (χ2n) is 4.02. The molecule has 1 atom stereocenters. The van der Waals surface area contributed by atoms with E-state index in [4.69, 9.17) is 0 Å². The minimum atomic E-state index is -1.53. The number of hydrogen-bond donors (Lipinski definition) is 0. The van der Waals surface area contributed by atoms with Crippen molar-refractivity contribution in [2.45, 2.75) is 10.6 Å². The van der Waals surface area contributed by atoms with Crippen molar-refractivity contribution in [3.8, 4) is 0 Å². The van der Waals surface area contributed by atoms with Gasteiger partial charge in [0.05, 0.1) is 27.5 Å². The summed E-state index contributed by atoms with van der Waals surface area (Å²) in [6.45, 7) is 0. The molecular weight excluding hydrogens is 288 g/mol. The fourth-order valence-corrected chi connectivity index (χ4v) is 2.72. The van der Waals surface area contributed by atoms with Gasteiger partial charge in [-0.1, -0.05) is 0 Å². The third-order valence-corrected chi connectivity index (χ3v) is 3.92.